The monoisotopic (exact) mass is 665 g/mol. The summed E-state index contributed by atoms with van der Waals surface area (Å²) in [6.07, 6.45) is 13.4. The predicted molar refractivity (Wildman–Crippen MR) is 178 cm³/mol. The van der Waals surface area contributed by atoms with Crippen LogP contribution in [-0.2, 0) is 24.6 Å². The molecule has 0 saturated heterocycles. The number of benzene rings is 2. The van der Waals surface area contributed by atoms with E-state index in [1.165, 1.54) is 70.3 Å². The van der Waals surface area contributed by atoms with E-state index in [1.807, 2.05) is 6.92 Å². The maximum absolute atomic E-state index is 13.3. The molecule has 0 aliphatic heterocycles. The van der Waals surface area contributed by atoms with Crippen molar-refractivity contribution in [1.29, 1.82) is 5.41 Å². The molecule has 0 aromatic heterocycles. The number of aliphatic hydroxyl groups excluding tert-OH is 1. The molecule has 3 unspecified atom stereocenters. The van der Waals surface area contributed by atoms with Gasteiger partial charge >= 0.3 is 11.9 Å². The minimum absolute atomic E-state index is 0.0748. The van der Waals surface area contributed by atoms with Crippen LogP contribution in [0.25, 0.3) is 0 Å². The number of aliphatic hydroxyl groups is 1. The van der Waals surface area contributed by atoms with Crippen molar-refractivity contribution in [2.75, 3.05) is 13.7 Å². The molecule has 2 aromatic rings. The predicted octanol–water partition coefficient (Wildman–Crippen LogP) is 8.95. The Labute approximate surface area is 278 Å². The molecule has 45 heavy (non-hydrogen) atoms. The Kier molecular flexibility index (Phi) is 18.2. The van der Waals surface area contributed by atoms with Crippen LogP contribution in [-0.4, -0.2) is 48.8 Å². The van der Waals surface area contributed by atoms with Gasteiger partial charge in [-0.25, -0.2) is 9.59 Å². The number of nitrogens with one attached hydrogen (secondary N) is 1. The third kappa shape index (κ3) is 12.6. The lowest BCUT2D eigenvalue weighted by atomic mass is 9.86. The molecule has 2 rings (SSSR count). The number of alkyl halides is 1. The number of hydrogen-bond donors (Lipinski definition) is 2. The van der Waals surface area contributed by atoms with Crippen LogP contribution in [0.1, 0.15) is 119 Å². The van der Waals surface area contributed by atoms with Crippen molar-refractivity contribution in [1.82, 2.24) is 0 Å². The second-order valence-electron chi connectivity index (χ2n) is 11.1. The number of unbranched alkanes of at least 4 members (excludes halogenated alkanes) is 10. The number of halogens is 2. The quantitative estimate of drug-likeness (QED) is 0.0400. The number of hydrogen-bond acceptors (Lipinski definition) is 8. The zero-order chi connectivity index (χ0) is 33.1. The average Bonchev–Trinajstić information content (AvgIpc) is 3.04. The van der Waals surface area contributed by atoms with Gasteiger partial charge < -0.3 is 29.5 Å². The van der Waals surface area contributed by atoms with Gasteiger partial charge in [0.15, 0.2) is 11.7 Å². The summed E-state index contributed by atoms with van der Waals surface area (Å²) in [5.74, 6) is -2.57. The minimum atomic E-state index is -1.80. The topological polar surface area (TPSA) is 115 Å². The van der Waals surface area contributed by atoms with Crippen molar-refractivity contribution in [3.8, 4) is 5.75 Å². The molecule has 0 radical (unpaired) electrons. The van der Waals surface area contributed by atoms with Crippen LogP contribution in [0.2, 0.25) is 5.02 Å². The lowest BCUT2D eigenvalue weighted by Gasteiger charge is -2.32. The molecule has 0 saturated carbocycles. The maximum atomic E-state index is 13.3. The van der Waals surface area contributed by atoms with Crippen LogP contribution in [0.15, 0.2) is 42.5 Å². The summed E-state index contributed by atoms with van der Waals surface area (Å²) in [6.45, 7) is 4.49. The van der Waals surface area contributed by atoms with E-state index in [-0.39, 0.29) is 22.8 Å². The van der Waals surface area contributed by atoms with Gasteiger partial charge in [0.2, 0.25) is 5.75 Å². The average molecular weight is 667 g/mol. The summed E-state index contributed by atoms with van der Waals surface area (Å²) in [5, 5.41) is 18.4. The first-order chi connectivity index (χ1) is 21.7. The van der Waals surface area contributed by atoms with E-state index in [9.17, 15) is 14.7 Å². The fourth-order valence-corrected chi connectivity index (χ4v) is 5.48. The van der Waals surface area contributed by atoms with Crippen LogP contribution >= 0.6 is 23.2 Å². The van der Waals surface area contributed by atoms with Crippen molar-refractivity contribution in [3.63, 3.8) is 0 Å². The molecule has 2 aromatic carbocycles. The highest BCUT2D eigenvalue weighted by Gasteiger charge is 2.38. The van der Waals surface area contributed by atoms with Gasteiger partial charge in [0, 0.05) is 16.8 Å². The normalized spacial score (nSPS) is 13.8. The Balaban J connectivity index is 2.10. The van der Waals surface area contributed by atoms with Gasteiger partial charge in [-0.1, -0.05) is 113 Å². The standard InChI is InChI=1S/C35H49Cl2NO7/c1-4-6-8-9-10-11-12-13-14-15-23-43-33(40)31(16-7-5-2)44-32(39)26-17-22-30(36)29(24-26)35(25-38,45-34(37)41)27-18-20-28(42-3)21-19-27/h17-22,24-25,31,34,38,41H,4-16,23H2,1-3H3. The van der Waals surface area contributed by atoms with Crippen LogP contribution in [0.3, 0.4) is 0 Å². The molecule has 250 valence electrons. The number of rotatable bonds is 23. The highest BCUT2D eigenvalue weighted by atomic mass is 35.5. The smallest absolute Gasteiger partial charge is 0.347 e. The first kappa shape index (κ1) is 38.5. The molecule has 0 bridgehead atoms. The van der Waals surface area contributed by atoms with E-state index in [0.29, 0.717) is 24.2 Å². The Bertz CT molecular complexity index is 1180. The van der Waals surface area contributed by atoms with Gasteiger partial charge in [-0.05, 0) is 55.2 Å². The van der Waals surface area contributed by atoms with Crippen LogP contribution < -0.4 is 4.74 Å². The summed E-state index contributed by atoms with van der Waals surface area (Å²) in [7, 11) is 1.52. The van der Waals surface area contributed by atoms with E-state index in [0.717, 1.165) is 31.9 Å². The molecule has 0 spiro atoms. The number of carbonyl (C=O) groups excluding carboxylic acids is 2. The molecule has 3 atom stereocenters. The van der Waals surface area contributed by atoms with Gasteiger partial charge in [0.05, 0.1) is 19.3 Å². The van der Waals surface area contributed by atoms with E-state index in [4.69, 9.17) is 47.6 Å². The zero-order valence-corrected chi connectivity index (χ0v) is 28.3. The highest BCUT2D eigenvalue weighted by Crippen LogP contribution is 2.39. The molecule has 0 aliphatic rings. The number of carbonyl (C=O) groups is 2. The Morgan fingerprint density at radius 1 is 0.911 bits per heavy atom. The second-order valence-corrected chi connectivity index (χ2v) is 11.9. The van der Waals surface area contributed by atoms with Gasteiger partial charge in [-0.3, -0.25) is 0 Å². The number of methoxy groups -OCH3 is 1. The summed E-state index contributed by atoms with van der Waals surface area (Å²) in [4.78, 5) is 26.3. The summed E-state index contributed by atoms with van der Waals surface area (Å²) < 4.78 is 22.0. The van der Waals surface area contributed by atoms with Crippen LogP contribution in [0.4, 0.5) is 0 Å². The summed E-state index contributed by atoms with van der Waals surface area (Å²) >= 11 is 12.4. The van der Waals surface area contributed by atoms with Crippen molar-refractivity contribution in [3.05, 3.63) is 64.2 Å². The molecule has 8 nitrogen and oxygen atoms in total. The van der Waals surface area contributed by atoms with Gasteiger partial charge in [0.25, 0.3) is 0 Å². The van der Waals surface area contributed by atoms with Gasteiger partial charge in [0.1, 0.15) is 5.75 Å². The molecule has 0 heterocycles. The van der Waals surface area contributed by atoms with Crippen molar-refractivity contribution in [2.45, 2.75) is 115 Å². The molecule has 0 fully saturated rings. The van der Waals surface area contributed by atoms with E-state index >= 15 is 0 Å². The summed E-state index contributed by atoms with van der Waals surface area (Å²) in [6, 6.07) is 10.9. The molecule has 10 heteroatoms. The lowest BCUT2D eigenvalue weighted by Crippen LogP contribution is -2.36. The fraction of sp³-hybridized carbons (Fsp3) is 0.571. The molecule has 0 aliphatic carbocycles. The van der Waals surface area contributed by atoms with Crippen molar-refractivity contribution in [2.24, 2.45) is 0 Å². The molecule has 0 amide bonds. The zero-order valence-electron chi connectivity index (χ0n) is 26.8. The summed E-state index contributed by atoms with van der Waals surface area (Å²) in [5.41, 5.74) is -1.10. The third-order valence-corrected chi connectivity index (χ3v) is 8.10. The van der Waals surface area contributed by atoms with E-state index < -0.39 is 29.4 Å². The van der Waals surface area contributed by atoms with Crippen molar-refractivity contribution < 1.29 is 33.6 Å². The minimum Gasteiger partial charge on any atom is -0.497 e. The van der Waals surface area contributed by atoms with Crippen LogP contribution in [0, 0.1) is 5.41 Å². The van der Waals surface area contributed by atoms with Gasteiger partial charge in [-0.2, -0.15) is 0 Å². The third-order valence-electron chi connectivity index (χ3n) is 7.68. The lowest BCUT2D eigenvalue weighted by molar-refractivity contribution is -0.154. The molecular weight excluding hydrogens is 617 g/mol. The fourth-order valence-electron chi connectivity index (χ4n) is 5.08. The second kappa shape index (κ2) is 21.2. The largest absolute Gasteiger partial charge is 0.497 e. The molecule has 2 N–H and O–H groups in total. The maximum Gasteiger partial charge on any atom is 0.347 e. The first-order valence-electron chi connectivity index (χ1n) is 16.1. The van der Waals surface area contributed by atoms with Gasteiger partial charge in [-0.15, -0.1) is 0 Å². The van der Waals surface area contributed by atoms with Crippen LogP contribution in [0.5, 0.6) is 5.75 Å². The van der Waals surface area contributed by atoms with Crippen molar-refractivity contribution >= 4 is 41.4 Å². The Hall–Kier alpha value is -2.65. The Morgan fingerprint density at radius 3 is 2.07 bits per heavy atom. The first-order valence-corrected chi connectivity index (χ1v) is 16.9. The van der Waals surface area contributed by atoms with E-state index in [1.54, 1.807) is 24.3 Å². The number of esters is 2. The highest BCUT2D eigenvalue weighted by molar-refractivity contribution is 6.32. The SMILES string of the molecule is CCCCCCCCCCCCOC(=O)C(CCCC)OC(=O)c1ccc(Cl)c(C(C=N)(OC(O)Cl)c2ccc(OC)cc2)c1. The Morgan fingerprint density at radius 2 is 1.51 bits per heavy atom. The molecular formula is C35H49Cl2NO7. The van der Waals surface area contributed by atoms with E-state index in [2.05, 4.69) is 6.92 Å². The number of ether oxygens (including phenoxy) is 4.